The summed E-state index contributed by atoms with van der Waals surface area (Å²) in [6.45, 7) is 4.36. The number of benzene rings is 3. The van der Waals surface area contributed by atoms with E-state index in [9.17, 15) is 9.18 Å². The van der Waals surface area contributed by atoms with Crippen LogP contribution in [0.4, 0.5) is 10.2 Å². The number of ether oxygens (including phenoxy) is 1. The largest absolute Gasteiger partial charge is 0.482 e. The van der Waals surface area contributed by atoms with E-state index in [1.807, 2.05) is 30.3 Å². The van der Waals surface area contributed by atoms with Crippen molar-refractivity contribution >= 4 is 34.9 Å². The van der Waals surface area contributed by atoms with E-state index in [4.69, 9.17) is 33.7 Å². The highest BCUT2D eigenvalue weighted by Gasteiger charge is 2.24. The lowest BCUT2D eigenvalue weighted by Gasteiger charge is -2.19. The van der Waals surface area contributed by atoms with Gasteiger partial charge < -0.3 is 15.8 Å². The van der Waals surface area contributed by atoms with Crippen molar-refractivity contribution in [2.75, 3.05) is 18.8 Å². The monoisotopic (exact) mass is 578 g/mol. The highest BCUT2D eigenvalue weighted by Crippen LogP contribution is 2.37. The number of pyridine rings is 1. The smallest absolute Gasteiger partial charge is 0.251 e. The fourth-order valence-corrected chi connectivity index (χ4v) is 5.57. The third-order valence-electron chi connectivity index (χ3n) is 7.01. The summed E-state index contributed by atoms with van der Waals surface area (Å²) in [6, 6.07) is 22.1. The first-order valence-electron chi connectivity index (χ1n) is 13.0. The molecule has 0 bridgehead atoms. The van der Waals surface area contributed by atoms with Gasteiger partial charge in [-0.1, -0.05) is 65.7 Å². The second-order valence-electron chi connectivity index (χ2n) is 9.88. The van der Waals surface area contributed by atoms with Gasteiger partial charge in [0.25, 0.3) is 5.91 Å². The molecule has 1 aliphatic rings. The van der Waals surface area contributed by atoms with E-state index in [1.54, 1.807) is 31.3 Å². The van der Waals surface area contributed by atoms with Crippen LogP contribution in [0.2, 0.25) is 10.0 Å². The predicted octanol–water partition coefficient (Wildman–Crippen LogP) is 6.92. The molecule has 2 unspecified atom stereocenters. The number of hydrogen-bond acceptors (Lipinski definition) is 5. The van der Waals surface area contributed by atoms with Crippen LogP contribution < -0.4 is 15.8 Å². The van der Waals surface area contributed by atoms with Crippen molar-refractivity contribution in [3.05, 3.63) is 112 Å². The quantitative estimate of drug-likeness (QED) is 0.222. The lowest BCUT2D eigenvalue weighted by molar-refractivity contribution is 0.0937. The number of anilines is 1. The van der Waals surface area contributed by atoms with E-state index in [2.05, 4.69) is 27.3 Å². The fourth-order valence-electron chi connectivity index (χ4n) is 4.89. The van der Waals surface area contributed by atoms with E-state index in [1.165, 1.54) is 17.7 Å². The molecule has 2 heterocycles. The van der Waals surface area contributed by atoms with Crippen molar-refractivity contribution in [2.45, 2.75) is 32.0 Å². The van der Waals surface area contributed by atoms with Crippen molar-refractivity contribution in [3.8, 4) is 16.9 Å². The number of nitrogens with one attached hydrogen (secondary N) is 1. The van der Waals surface area contributed by atoms with Crippen LogP contribution in [-0.4, -0.2) is 34.9 Å². The number of nitrogens with zero attached hydrogens (tertiary/aromatic N) is 2. The standard InChI is InChI=1S/C31H29Cl2FN4O2/c1-19(28-25(32)11-12-26(34)29(28)33)40-27-15-23(16-36-30(27)35)21-7-9-22(10-8-21)31(39)37-24-13-14-38(18-24)17-20-5-3-2-4-6-20/h2-12,15-16,19,24H,13-14,17-18H2,1H3,(H2,35,36)(H,37,39). The minimum Gasteiger partial charge on any atom is -0.482 e. The molecule has 4 aromatic rings. The lowest BCUT2D eigenvalue weighted by atomic mass is 10.0. The third-order valence-corrected chi connectivity index (χ3v) is 7.72. The Bertz CT molecular complexity index is 1500. The van der Waals surface area contributed by atoms with Crippen molar-refractivity contribution in [1.82, 2.24) is 15.2 Å². The highest BCUT2D eigenvalue weighted by molar-refractivity contribution is 6.36. The molecule has 6 nitrogen and oxygen atoms in total. The van der Waals surface area contributed by atoms with Crippen LogP contribution in [0.5, 0.6) is 5.75 Å². The molecule has 3 aromatic carbocycles. The van der Waals surface area contributed by atoms with Crippen LogP contribution in [0.25, 0.3) is 11.1 Å². The molecule has 1 aliphatic heterocycles. The molecule has 40 heavy (non-hydrogen) atoms. The van der Waals surface area contributed by atoms with Crippen molar-refractivity contribution in [2.24, 2.45) is 0 Å². The molecular formula is C31H29Cl2FN4O2. The van der Waals surface area contributed by atoms with Gasteiger partial charge in [-0.3, -0.25) is 9.69 Å². The van der Waals surface area contributed by atoms with Gasteiger partial charge in [0.1, 0.15) is 11.9 Å². The number of hydrogen-bond donors (Lipinski definition) is 2. The maximum absolute atomic E-state index is 14.0. The molecule has 1 saturated heterocycles. The summed E-state index contributed by atoms with van der Waals surface area (Å²) in [5, 5.41) is 3.35. The topological polar surface area (TPSA) is 80.5 Å². The summed E-state index contributed by atoms with van der Waals surface area (Å²) in [5.41, 5.74) is 9.81. The van der Waals surface area contributed by atoms with Crippen LogP contribution in [0.3, 0.4) is 0 Å². The van der Waals surface area contributed by atoms with E-state index in [0.29, 0.717) is 16.9 Å². The highest BCUT2D eigenvalue weighted by atomic mass is 35.5. The average molecular weight is 580 g/mol. The number of aromatic nitrogens is 1. The molecule has 2 atom stereocenters. The van der Waals surface area contributed by atoms with E-state index in [0.717, 1.165) is 37.2 Å². The van der Waals surface area contributed by atoms with Gasteiger partial charge in [0.2, 0.25) is 0 Å². The Hall–Kier alpha value is -3.65. The first-order valence-corrected chi connectivity index (χ1v) is 13.8. The van der Waals surface area contributed by atoms with Crippen LogP contribution in [0.15, 0.2) is 79.0 Å². The Labute approximate surface area is 242 Å². The van der Waals surface area contributed by atoms with Crippen LogP contribution in [0.1, 0.15) is 40.9 Å². The number of nitrogen functional groups attached to an aromatic ring is 1. The van der Waals surface area contributed by atoms with E-state index in [-0.39, 0.29) is 27.8 Å². The summed E-state index contributed by atoms with van der Waals surface area (Å²) in [7, 11) is 0. The van der Waals surface area contributed by atoms with Crippen LogP contribution in [-0.2, 0) is 6.54 Å². The fraction of sp³-hybridized carbons (Fsp3) is 0.226. The summed E-state index contributed by atoms with van der Waals surface area (Å²) >= 11 is 12.4. The average Bonchev–Trinajstić information content (AvgIpc) is 3.39. The molecular weight excluding hydrogens is 550 g/mol. The number of carbonyl (C=O) groups is 1. The Kier molecular flexibility index (Phi) is 8.54. The molecule has 3 N–H and O–H groups in total. The molecule has 206 valence electrons. The van der Waals surface area contributed by atoms with Crippen molar-refractivity contribution < 1.29 is 13.9 Å². The van der Waals surface area contributed by atoms with Gasteiger partial charge in [0, 0.05) is 53.6 Å². The molecule has 5 rings (SSSR count). The molecule has 0 aliphatic carbocycles. The summed E-state index contributed by atoms with van der Waals surface area (Å²) in [6.07, 6.45) is 1.87. The second-order valence-corrected chi connectivity index (χ2v) is 10.7. The zero-order valence-electron chi connectivity index (χ0n) is 21.9. The number of amides is 1. The molecule has 0 radical (unpaired) electrons. The minimum absolute atomic E-state index is 0.0990. The molecule has 0 spiro atoms. The predicted molar refractivity (Wildman–Crippen MR) is 157 cm³/mol. The Morgan fingerprint density at radius 3 is 2.62 bits per heavy atom. The molecule has 9 heteroatoms. The number of halogens is 3. The van der Waals surface area contributed by atoms with Gasteiger partial charge in [0.05, 0.1) is 5.02 Å². The number of nitrogens with two attached hydrogens (primary N) is 1. The van der Waals surface area contributed by atoms with Gasteiger partial charge in [0.15, 0.2) is 11.6 Å². The number of carbonyl (C=O) groups excluding carboxylic acids is 1. The lowest BCUT2D eigenvalue weighted by Crippen LogP contribution is -2.36. The van der Waals surface area contributed by atoms with Crippen LogP contribution >= 0.6 is 23.2 Å². The number of likely N-dealkylation sites (tertiary alicyclic amines) is 1. The third kappa shape index (κ3) is 6.39. The summed E-state index contributed by atoms with van der Waals surface area (Å²) in [5.74, 6) is -0.203. The van der Waals surface area contributed by atoms with Gasteiger partial charge in [-0.25, -0.2) is 9.37 Å². The molecule has 1 aromatic heterocycles. The number of rotatable bonds is 8. The first kappa shape index (κ1) is 27.9. The van der Waals surface area contributed by atoms with Crippen molar-refractivity contribution in [1.29, 1.82) is 0 Å². The second kappa shape index (κ2) is 12.3. The van der Waals surface area contributed by atoms with E-state index >= 15 is 0 Å². The normalized spacial score (nSPS) is 16.1. The van der Waals surface area contributed by atoms with Gasteiger partial charge in [-0.2, -0.15) is 0 Å². The molecule has 0 saturated carbocycles. The van der Waals surface area contributed by atoms with Gasteiger partial charge in [-0.05, 0) is 54.8 Å². The SMILES string of the molecule is CC(Oc1cc(-c2ccc(C(=O)NC3CCN(Cc4ccccc4)C3)cc2)cnc1N)c1c(Cl)ccc(F)c1Cl. The zero-order chi connectivity index (χ0) is 28.2. The van der Waals surface area contributed by atoms with Crippen LogP contribution in [0, 0.1) is 5.82 Å². The van der Waals surface area contributed by atoms with Gasteiger partial charge in [-0.15, -0.1) is 0 Å². The summed E-state index contributed by atoms with van der Waals surface area (Å²) in [4.78, 5) is 19.5. The van der Waals surface area contributed by atoms with Gasteiger partial charge >= 0.3 is 0 Å². The Balaban J connectivity index is 1.23. The zero-order valence-corrected chi connectivity index (χ0v) is 23.4. The maximum Gasteiger partial charge on any atom is 0.251 e. The molecule has 1 amide bonds. The summed E-state index contributed by atoms with van der Waals surface area (Å²) < 4.78 is 20.0. The minimum atomic E-state index is -0.680. The maximum atomic E-state index is 14.0. The van der Waals surface area contributed by atoms with Crippen molar-refractivity contribution in [3.63, 3.8) is 0 Å². The molecule has 1 fully saturated rings. The Morgan fingerprint density at radius 2 is 1.88 bits per heavy atom. The Morgan fingerprint density at radius 1 is 1.12 bits per heavy atom. The van der Waals surface area contributed by atoms with E-state index < -0.39 is 11.9 Å². The first-order chi connectivity index (χ1) is 19.3.